The number of amides is 1. The molecule has 0 saturated heterocycles. The number of hydrogen-bond acceptors (Lipinski definition) is 6. The molecule has 1 amide bonds. The number of aromatic nitrogens is 5. The van der Waals surface area contributed by atoms with Gasteiger partial charge in [0.15, 0.2) is 5.69 Å². The van der Waals surface area contributed by atoms with Gasteiger partial charge in [-0.1, -0.05) is 35.0 Å². The van der Waals surface area contributed by atoms with Crippen LogP contribution in [0.15, 0.2) is 35.0 Å². The molecule has 3 aromatic rings. The third-order valence-corrected chi connectivity index (χ3v) is 3.19. The number of nitrogens with zero attached hydrogens (tertiary/aromatic N) is 5. The maximum absolute atomic E-state index is 11.7. The molecule has 0 spiro atoms. The van der Waals surface area contributed by atoms with E-state index in [9.17, 15) is 4.79 Å². The average molecular weight is 333 g/mol. The molecule has 0 aliphatic carbocycles. The summed E-state index contributed by atoms with van der Waals surface area (Å²) in [6, 6.07) is 7.16. The van der Waals surface area contributed by atoms with Crippen molar-refractivity contribution in [1.82, 2.24) is 30.5 Å². The molecule has 1 N–H and O–H groups in total. The summed E-state index contributed by atoms with van der Waals surface area (Å²) in [4.78, 5) is 15.8. The third kappa shape index (κ3) is 3.37. The van der Waals surface area contributed by atoms with E-state index >= 15 is 0 Å². The fourth-order valence-electron chi connectivity index (χ4n) is 1.84. The van der Waals surface area contributed by atoms with Crippen LogP contribution in [0.1, 0.15) is 24.0 Å². The zero-order chi connectivity index (χ0) is 16.2. The van der Waals surface area contributed by atoms with E-state index in [1.807, 2.05) is 19.1 Å². The molecule has 0 atom stereocenters. The average Bonchev–Trinajstić information content (AvgIpc) is 3.21. The van der Waals surface area contributed by atoms with E-state index < -0.39 is 5.91 Å². The van der Waals surface area contributed by atoms with E-state index in [1.165, 1.54) is 4.68 Å². The number of halogens is 1. The SMILES string of the molecule is CCCNC(=O)c1nc(-c2cn(-c3cccc(Cl)c3)nn2)no1. The Kier molecular flexibility index (Phi) is 4.33. The summed E-state index contributed by atoms with van der Waals surface area (Å²) in [7, 11) is 0. The second kappa shape index (κ2) is 6.57. The molecule has 118 valence electrons. The molecule has 0 aliphatic heterocycles. The minimum absolute atomic E-state index is 0.106. The predicted molar refractivity (Wildman–Crippen MR) is 82.3 cm³/mol. The van der Waals surface area contributed by atoms with Gasteiger partial charge in [-0.2, -0.15) is 4.98 Å². The second-order valence-corrected chi connectivity index (χ2v) is 5.14. The Morgan fingerprint density at radius 3 is 3.09 bits per heavy atom. The normalized spacial score (nSPS) is 10.7. The first-order chi connectivity index (χ1) is 11.2. The highest BCUT2D eigenvalue weighted by Gasteiger charge is 2.17. The molecule has 0 fully saturated rings. The van der Waals surface area contributed by atoms with E-state index in [0.717, 1.165) is 12.1 Å². The van der Waals surface area contributed by atoms with Crippen LogP contribution in [0, 0.1) is 0 Å². The van der Waals surface area contributed by atoms with Crippen LogP contribution >= 0.6 is 11.6 Å². The first-order valence-electron chi connectivity index (χ1n) is 6.98. The van der Waals surface area contributed by atoms with Gasteiger partial charge in [0.25, 0.3) is 0 Å². The van der Waals surface area contributed by atoms with Crippen LogP contribution in [0.2, 0.25) is 5.02 Å². The lowest BCUT2D eigenvalue weighted by molar-refractivity contribution is 0.0910. The van der Waals surface area contributed by atoms with Gasteiger partial charge in [-0.3, -0.25) is 4.79 Å². The van der Waals surface area contributed by atoms with Gasteiger partial charge >= 0.3 is 11.8 Å². The van der Waals surface area contributed by atoms with Crippen molar-refractivity contribution in [3.63, 3.8) is 0 Å². The van der Waals surface area contributed by atoms with Crippen molar-refractivity contribution in [1.29, 1.82) is 0 Å². The van der Waals surface area contributed by atoms with Crippen molar-refractivity contribution < 1.29 is 9.32 Å². The molecule has 23 heavy (non-hydrogen) atoms. The molecule has 3 rings (SSSR count). The smallest absolute Gasteiger partial charge is 0.316 e. The fraction of sp³-hybridized carbons (Fsp3) is 0.214. The summed E-state index contributed by atoms with van der Waals surface area (Å²) in [5.41, 5.74) is 1.14. The number of nitrogens with one attached hydrogen (secondary N) is 1. The van der Waals surface area contributed by atoms with Crippen LogP contribution in [0.3, 0.4) is 0 Å². The lowest BCUT2D eigenvalue weighted by atomic mass is 10.3. The minimum atomic E-state index is -0.409. The van der Waals surface area contributed by atoms with E-state index in [4.69, 9.17) is 16.1 Å². The number of carbonyl (C=O) groups is 1. The fourth-order valence-corrected chi connectivity index (χ4v) is 2.03. The zero-order valence-corrected chi connectivity index (χ0v) is 13.0. The number of carbonyl (C=O) groups excluding carboxylic acids is 1. The maximum Gasteiger partial charge on any atom is 0.316 e. The third-order valence-electron chi connectivity index (χ3n) is 2.95. The number of hydrogen-bond donors (Lipinski definition) is 1. The molecular formula is C14H13ClN6O2. The molecule has 0 aliphatic rings. The molecular weight excluding hydrogens is 320 g/mol. The van der Waals surface area contributed by atoms with Crippen molar-refractivity contribution >= 4 is 17.5 Å². The van der Waals surface area contributed by atoms with Crippen molar-refractivity contribution in [2.45, 2.75) is 13.3 Å². The summed E-state index contributed by atoms with van der Waals surface area (Å²) < 4.78 is 6.48. The molecule has 0 saturated carbocycles. The molecule has 9 heteroatoms. The largest absolute Gasteiger partial charge is 0.348 e. The first kappa shape index (κ1) is 15.2. The van der Waals surface area contributed by atoms with Crippen LogP contribution in [0.5, 0.6) is 0 Å². The van der Waals surface area contributed by atoms with Crippen molar-refractivity contribution in [2.75, 3.05) is 6.54 Å². The van der Waals surface area contributed by atoms with E-state index in [-0.39, 0.29) is 11.7 Å². The van der Waals surface area contributed by atoms with Crippen molar-refractivity contribution in [2.24, 2.45) is 0 Å². The summed E-state index contributed by atoms with van der Waals surface area (Å²) in [6.45, 7) is 2.50. The molecule has 8 nitrogen and oxygen atoms in total. The molecule has 2 heterocycles. The highest BCUT2D eigenvalue weighted by molar-refractivity contribution is 6.30. The predicted octanol–water partition coefficient (Wildman–Crippen LogP) is 2.11. The van der Waals surface area contributed by atoms with E-state index in [2.05, 4.69) is 25.8 Å². The standard InChI is InChI=1S/C14H13ClN6O2/c1-2-6-16-13(22)14-17-12(19-23-14)11-8-21(20-18-11)10-5-3-4-9(15)7-10/h3-5,7-8H,2,6H2,1H3,(H,16,22). The van der Waals surface area contributed by atoms with Gasteiger partial charge in [-0.15, -0.1) is 5.10 Å². The van der Waals surface area contributed by atoms with Crippen LogP contribution in [-0.2, 0) is 0 Å². The highest BCUT2D eigenvalue weighted by Crippen LogP contribution is 2.17. The van der Waals surface area contributed by atoms with Crippen LogP contribution in [0.4, 0.5) is 0 Å². The van der Waals surface area contributed by atoms with E-state index in [1.54, 1.807) is 18.3 Å². The Morgan fingerprint density at radius 2 is 2.30 bits per heavy atom. The molecule has 0 bridgehead atoms. The monoisotopic (exact) mass is 332 g/mol. The van der Waals surface area contributed by atoms with Crippen LogP contribution in [-0.4, -0.2) is 37.6 Å². The van der Waals surface area contributed by atoms with Gasteiger partial charge in [0, 0.05) is 11.6 Å². The Hall–Kier alpha value is -2.74. The Balaban J connectivity index is 1.81. The van der Waals surface area contributed by atoms with Gasteiger partial charge in [-0.25, -0.2) is 4.68 Å². The lowest BCUT2D eigenvalue weighted by Crippen LogP contribution is -2.24. The maximum atomic E-state index is 11.7. The van der Waals surface area contributed by atoms with Crippen molar-refractivity contribution in [3.05, 3.63) is 41.4 Å². The molecule has 2 aromatic heterocycles. The second-order valence-electron chi connectivity index (χ2n) is 4.71. The van der Waals surface area contributed by atoms with Gasteiger partial charge in [0.2, 0.25) is 5.82 Å². The van der Waals surface area contributed by atoms with Gasteiger partial charge < -0.3 is 9.84 Å². The Morgan fingerprint density at radius 1 is 1.43 bits per heavy atom. The first-order valence-corrected chi connectivity index (χ1v) is 7.35. The summed E-state index contributed by atoms with van der Waals surface area (Å²) in [5, 5.41) is 15.0. The molecule has 0 radical (unpaired) electrons. The molecule has 0 unspecified atom stereocenters. The number of rotatable bonds is 5. The molecule has 1 aromatic carbocycles. The Bertz CT molecular complexity index is 828. The van der Waals surface area contributed by atoms with Gasteiger partial charge in [0.1, 0.15) is 0 Å². The minimum Gasteiger partial charge on any atom is -0.348 e. The van der Waals surface area contributed by atoms with Crippen LogP contribution in [0.25, 0.3) is 17.2 Å². The summed E-state index contributed by atoms with van der Waals surface area (Å²) in [5.74, 6) is -0.321. The summed E-state index contributed by atoms with van der Waals surface area (Å²) in [6.07, 6.45) is 2.45. The topological polar surface area (TPSA) is 98.7 Å². The van der Waals surface area contributed by atoms with Gasteiger partial charge in [-0.05, 0) is 24.6 Å². The van der Waals surface area contributed by atoms with Crippen molar-refractivity contribution in [3.8, 4) is 17.2 Å². The highest BCUT2D eigenvalue weighted by atomic mass is 35.5. The lowest BCUT2D eigenvalue weighted by Gasteiger charge is -1.98. The van der Waals surface area contributed by atoms with Crippen LogP contribution < -0.4 is 5.32 Å². The zero-order valence-electron chi connectivity index (χ0n) is 12.2. The van der Waals surface area contributed by atoms with E-state index in [0.29, 0.717) is 17.3 Å². The number of benzene rings is 1. The quantitative estimate of drug-likeness (QED) is 0.768. The Labute approximate surface area is 136 Å². The summed E-state index contributed by atoms with van der Waals surface area (Å²) >= 11 is 5.95. The van der Waals surface area contributed by atoms with Gasteiger partial charge in [0.05, 0.1) is 11.9 Å².